The molecule has 8 heteroatoms. The van der Waals surface area contributed by atoms with Crippen molar-refractivity contribution in [3.8, 4) is 5.75 Å². The molecule has 0 atom stereocenters. The van der Waals surface area contributed by atoms with Gasteiger partial charge in [0.05, 0.1) is 17.2 Å². The van der Waals surface area contributed by atoms with Crippen LogP contribution in [0.5, 0.6) is 5.75 Å². The maximum atomic E-state index is 12.1. The van der Waals surface area contributed by atoms with Gasteiger partial charge in [-0.2, -0.15) is 5.10 Å². The van der Waals surface area contributed by atoms with Crippen molar-refractivity contribution < 1.29 is 14.5 Å². The SMILES string of the molecule is CC(C)CCOc1ccccc1NC(=O)CCn1cc([N+](=O)[O-])cn1. The number of ether oxygens (including phenoxy) is 1. The number of aromatic nitrogens is 2. The van der Waals surface area contributed by atoms with Gasteiger partial charge < -0.3 is 10.1 Å². The fraction of sp³-hybridized carbons (Fsp3) is 0.412. The van der Waals surface area contributed by atoms with Crippen LogP contribution < -0.4 is 10.1 Å². The summed E-state index contributed by atoms with van der Waals surface area (Å²) in [5, 5.41) is 17.3. The Bertz CT molecular complexity index is 727. The Morgan fingerprint density at radius 1 is 1.40 bits per heavy atom. The van der Waals surface area contributed by atoms with E-state index in [0.29, 0.717) is 24.0 Å². The van der Waals surface area contributed by atoms with E-state index in [0.717, 1.165) is 12.6 Å². The summed E-state index contributed by atoms with van der Waals surface area (Å²) in [5.41, 5.74) is 0.520. The molecule has 2 rings (SSSR count). The van der Waals surface area contributed by atoms with E-state index in [9.17, 15) is 14.9 Å². The summed E-state index contributed by atoms with van der Waals surface area (Å²) >= 11 is 0. The average Bonchev–Trinajstić information content (AvgIpc) is 3.03. The molecule has 0 aliphatic rings. The van der Waals surface area contributed by atoms with Crippen molar-refractivity contribution in [3.05, 3.63) is 46.8 Å². The zero-order chi connectivity index (χ0) is 18.2. The highest BCUT2D eigenvalue weighted by molar-refractivity contribution is 5.92. The number of anilines is 1. The van der Waals surface area contributed by atoms with Crippen LogP contribution in [0.3, 0.4) is 0 Å². The molecule has 1 aromatic carbocycles. The van der Waals surface area contributed by atoms with Crippen LogP contribution in [0.2, 0.25) is 0 Å². The Labute approximate surface area is 145 Å². The number of hydrogen-bond acceptors (Lipinski definition) is 5. The molecule has 0 radical (unpaired) electrons. The van der Waals surface area contributed by atoms with E-state index < -0.39 is 4.92 Å². The molecule has 1 aromatic heterocycles. The van der Waals surface area contributed by atoms with E-state index >= 15 is 0 Å². The van der Waals surface area contributed by atoms with Gasteiger partial charge in [-0.3, -0.25) is 19.6 Å². The second-order valence-corrected chi connectivity index (χ2v) is 6.04. The van der Waals surface area contributed by atoms with Crippen molar-refractivity contribution in [2.75, 3.05) is 11.9 Å². The van der Waals surface area contributed by atoms with Crippen molar-refractivity contribution in [1.82, 2.24) is 9.78 Å². The maximum absolute atomic E-state index is 12.1. The number of benzene rings is 1. The van der Waals surface area contributed by atoms with Crippen molar-refractivity contribution >= 4 is 17.3 Å². The van der Waals surface area contributed by atoms with Crippen LogP contribution in [-0.4, -0.2) is 27.2 Å². The molecular weight excluding hydrogens is 324 g/mol. The third-order valence-electron chi connectivity index (χ3n) is 3.51. The van der Waals surface area contributed by atoms with Crippen LogP contribution in [0, 0.1) is 16.0 Å². The number of para-hydroxylation sites is 2. The molecule has 2 aromatic rings. The zero-order valence-electron chi connectivity index (χ0n) is 14.3. The Morgan fingerprint density at radius 2 is 2.16 bits per heavy atom. The lowest BCUT2D eigenvalue weighted by molar-refractivity contribution is -0.385. The highest BCUT2D eigenvalue weighted by Gasteiger charge is 2.11. The molecule has 0 saturated heterocycles. The molecule has 1 N–H and O–H groups in total. The molecule has 8 nitrogen and oxygen atoms in total. The third-order valence-corrected chi connectivity index (χ3v) is 3.51. The fourth-order valence-electron chi connectivity index (χ4n) is 2.10. The Morgan fingerprint density at radius 3 is 2.84 bits per heavy atom. The monoisotopic (exact) mass is 346 g/mol. The minimum Gasteiger partial charge on any atom is -0.491 e. The number of aryl methyl sites for hydroxylation is 1. The first-order valence-electron chi connectivity index (χ1n) is 8.14. The second kappa shape index (κ2) is 8.81. The summed E-state index contributed by atoms with van der Waals surface area (Å²) in [4.78, 5) is 22.2. The van der Waals surface area contributed by atoms with Gasteiger partial charge in [0.25, 0.3) is 0 Å². The Balaban J connectivity index is 1.88. The minimum atomic E-state index is -0.520. The smallest absolute Gasteiger partial charge is 0.306 e. The molecule has 134 valence electrons. The number of hydrogen-bond donors (Lipinski definition) is 1. The van der Waals surface area contributed by atoms with Gasteiger partial charge in [0, 0.05) is 13.0 Å². The predicted molar refractivity (Wildman–Crippen MR) is 93.5 cm³/mol. The summed E-state index contributed by atoms with van der Waals surface area (Å²) in [6.07, 6.45) is 3.55. The summed E-state index contributed by atoms with van der Waals surface area (Å²) < 4.78 is 7.11. The second-order valence-electron chi connectivity index (χ2n) is 6.04. The number of nitrogens with one attached hydrogen (secondary N) is 1. The van der Waals surface area contributed by atoms with E-state index in [1.54, 1.807) is 6.07 Å². The molecule has 0 unspecified atom stereocenters. The van der Waals surface area contributed by atoms with E-state index in [-0.39, 0.29) is 24.6 Å². The zero-order valence-corrected chi connectivity index (χ0v) is 14.3. The van der Waals surface area contributed by atoms with Gasteiger partial charge >= 0.3 is 5.69 Å². The maximum Gasteiger partial charge on any atom is 0.306 e. The summed E-state index contributed by atoms with van der Waals surface area (Å²) in [7, 11) is 0. The van der Waals surface area contributed by atoms with Gasteiger partial charge in [-0.25, -0.2) is 0 Å². The van der Waals surface area contributed by atoms with Crippen LogP contribution in [-0.2, 0) is 11.3 Å². The quantitative estimate of drug-likeness (QED) is 0.555. The molecule has 0 bridgehead atoms. The number of nitrogens with zero attached hydrogens (tertiary/aromatic N) is 3. The topological polar surface area (TPSA) is 99.3 Å². The minimum absolute atomic E-state index is 0.0932. The summed E-state index contributed by atoms with van der Waals surface area (Å²) in [6.45, 7) is 5.09. The van der Waals surface area contributed by atoms with Gasteiger partial charge in [-0.05, 0) is 24.5 Å². The predicted octanol–water partition coefficient (Wildman–Crippen LogP) is 3.25. The lowest BCUT2D eigenvalue weighted by Crippen LogP contribution is -2.15. The summed E-state index contributed by atoms with van der Waals surface area (Å²) in [5.74, 6) is 0.962. The molecular formula is C17H22N4O4. The molecule has 0 aliphatic heterocycles. The van der Waals surface area contributed by atoms with Crippen LogP contribution in [0.1, 0.15) is 26.7 Å². The van der Waals surface area contributed by atoms with Gasteiger partial charge in [0.15, 0.2) is 0 Å². The normalized spacial score (nSPS) is 10.7. The highest BCUT2D eigenvalue weighted by Crippen LogP contribution is 2.24. The number of carbonyl (C=O) groups is 1. The van der Waals surface area contributed by atoms with Crippen LogP contribution in [0.25, 0.3) is 0 Å². The first-order valence-corrected chi connectivity index (χ1v) is 8.14. The number of carbonyl (C=O) groups excluding carboxylic acids is 1. The third kappa shape index (κ3) is 5.91. The molecule has 1 amide bonds. The lowest BCUT2D eigenvalue weighted by atomic mass is 10.1. The van der Waals surface area contributed by atoms with Gasteiger partial charge in [-0.1, -0.05) is 26.0 Å². The van der Waals surface area contributed by atoms with Crippen molar-refractivity contribution in [2.24, 2.45) is 5.92 Å². The van der Waals surface area contributed by atoms with Crippen molar-refractivity contribution in [2.45, 2.75) is 33.2 Å². The first-order chi connectivity index (χ1) is 12.0. The standard InChI is InChI=1S/C17H22N4O4/c1-13(2)8-10-25-16-6-4-3-5-15(16)19-17(22)7-9-20-12-14(11-18-20)21(23)24/h3-6,11-13H,7-10H2,1-2H3,(H,19,22). The van der Waals surface area contributed by atoms with Crippen LogP contribution >= 0.6 is 0 Å². The van der Waals surface area contributed by atoms with Crippen molar-refractivity contribution in [1.29, 1.82) is 0 Å². The van der Waals surface area contributed by atoms with E-state index in [2.05, 4.69) is 24.3 Å². The van der Waals surface area contributed by atoms with Gasteiger partial charge in [-0.15, -0.1) is 0 Å². The summed E-state index contributed by atoms with van der Waals surface area (Å²) in [6, 6.07) is 7.26. The van der Waals surface area contributed by atoms with E-state index in [1.165, 1.54) is 10.9 Å². The number of nitro groups is 1. The van der Waals surface area contributed by atoms with Gasteiger partial charge in [0.2, 0.25) is 5.91 Å². The largest absolute Gasteiger partial charge is 0.491 e. The molecule has 0 spiro atoms. The Kier molecular flexibility index (Phi) is 6.50. The van der Waals surface area contributed by atoms with Gasteiger partial charge in [0.1, 0.15) is 18.1 Å². The molecule has 0 aliphatic carbocycles. The van der Waals surface area contributed by atoms with E-state index in [1.807, 2.05) is 18.2 Å². The van der Waals surface area contributed by atoms with Crippen LogP contribution in [0.15, 0.2) is 36.7 Å². The highest BCUT2D eigenvalue weighted by atomic mass is 16.6. The first kappa shape index (κ1) is 18.4. The lowest BCUT2D eigenvalue weighted by Gasteiger charge is -2.13. The molecule has 0 fully saturated rings. The fourth-order valence-corrected chi connectivity index (χ4v) is 2.10. The number of amides is 1. The average molecular weight is 346 g/mol. The van der Waals surface area contributed by atoms with Crippen LogP contribution in [0.4, 0.5) is 11.4 Å². The molecule has 1 heterocycles. The molecule has 0 saturated carbocycles. The van der Waals surface area contributed by atoms with E-state index in [4.69, 9.17) is 4.74 Å². The Hall–Kier alpha value is -2.90. The van der Waals surface area contributed by atoms with Crippen molar-refractivity contribution in [3.63, 3.8) is 0 Å². The molecule has 25 heavy (non-hydrogen) atoms. The number of rotatable bonds is 9.